The van der Waals surface area contributed by atoms with Crippen LogP contribution in [0.2, 0.25) is 0 Å². The molecule has 0 saturated heterocycles. The highest BCUT2D eigenvalue weighted by Crippen LogP contribution is 2.12. The van der Waals surface area contributed by atoms with E-state index >= 15 is 0 Å². The molecule has 0 atom stereocenters. The Kier molecular flexibility index (Phi) is 7.36. The number of benzene rings is 1. The second-order valence-electron chi connectivity index (χ2n) is 7.04. The lowest BCUT2D eigenvalue weighted by atomic mass is 10.1. The first-order valence-electron chi connectivity index (χ1n) is 7.85. The standard InChI is InChI=1S/C18H32N2O/c1-15(2)11-19-12-16-7-9-17(10-8-16)13-21-14-18(3,4)20(5)6/h7-10,15,19H,11-14H2,1-6H3. The van der Waals surface area contributed by atoms with Gasteiger partial charge in [-0.2, -0.15) is 0 Å². The molecular weight excluding hydrogens is 260 g/mol. The highest BCUT2D eigenvalue weighted by molar-refractivity contribution is 5.21. The van der Waals surface area contributed by atoms with Crippen LogP contribution in [-0.4, -0.2) is 37.7 Å². The van der Waals surface area contributed by atoms with E-state index in [-0.39, 0.29) is 5.54 Å². The fourth-order valence-electron chi connectivity index (χ4n) is 1.81. The third-order valence-corrected chi connectivity index (χ3v) is 3.84. The van der Waals surface area contributed by atoms with Gasteiger partial charge in [-0.25, -0.2) is 0 Å². The highest BCUT2D eigenvalue weighted by Gasteiger charge is 2.20. The van der Waals surface area contributed by atoms with Crippen molar-refractivity contribution >= 4 is 0 Å². The predicted molar refractivity (Wildman–Crippen MR) is 90.4 cm³/mol. The van der Waals surface area contributed by atoms with Gasteiger partial charge in [0.1, 0.15) is 0 Å². The summed E-state index contributed by atoms with van der Waals surface area (Å²) in [4.78, 5) is 2.19. The fourth-order valence-corrected chi connectivity index (χ4v) is 1.81. The summed E-state index contributed by atoms with van der Waals surface area (Å²) in [6.07, 6.45) is 0. The second-order valence-corrected chi connectivity index (χ2v) is 7.04. The maximum absolute atomic E-state index is 5.84. The molecule has 1 aromatic carbocycles. The van der Waals surface area contributed by atoms with E-state index in [1.165, 1.54) is 11.1 Å². The smallest absolute Gasteiger partial charge is 0.0717 e. The fraction of sp³-hybridized carbons (Fsp3) is 0.667. The first kappa shape index (κ1) is 18.1. The van der Waals surface area contributed by atoms with E-state index in [9.17, 15) is 0 Å². The van der Waals surface area contributed by atoms with Gasteiger partial charge >= 0.3 is 0 Å². The van der Waals surface area contributed by atoms with E-state index in [0.29, 0.717) is 12.5 Å². The van der Waals surface area contributed by atoms with Gasteiger partial charge in [0, 0.05) is 12.1 Å². The SMILES string of the molecule is CC(C)CNCc1ccc(COCC(C)(C)N(C)C)cc1. The first-order chi connectivity index (χ1) is 9.81. The number of rotatable bonds is 9. The van der Waals surface area contributed by atoms with Crippen molar-refractivity contribution in [3.63, 3.8) is 0 Å². The molecule has 0 spiro atoms. The van der Waals surface area contributed by atoms with E-state index in [1.807, 2.05) is 0 Å². The molecule has 0 amide bonds. The van der Waals surface area contributed by atoms with Crippen molar-refractivity contribution < 1.29 is 4.74 Å². The minimum Gasteiger partial charge on any atom is -0.375 e. The van der Waals surface area contributed by atoms with Crippen molar-refractivity contribution in [1.29, 1.82) is 0 Å². The summed E-state index contributed by atoms with van der Waals surface area (Å²) < 4.78 is 5.84. The van der Waals surface area contributed by atoms with Gasteiger partial charge < -0.3 is 15.0 Å². The molecule has 0 bridgehead atoms. The number of hydrogen-bond acceptors (Lipinski definition) is 3. The van der Waals surface area contributed by atoms with E-state index < -0.39 is 0 Å². The largest absolute Gasteiger partial charge is 0.375 e. The Morgan fingerprint density at radius 1 is 1.10 bits per heavy atom. The molecule has 1 aromatic rings. The van der Waals surface area contributed by atoms with Gasteiger partial charge in [0.25, 0.3) is 0 Å². The predicted octanol–water partition coefficient (Wildman–Crippen LogP) is 3.29. The van der Waals surface area contributed by atoms with E-state index in [0.717, 1.165) is 19.7 Å². The van der Waals surface area contributed by atoms with Crippen LogP contribution in [0, 0.1) is 5.92 Å². The summed E-state index contributed by atoms with van der Waals surface area (Å²) in [6, 6.07) is 8.69. The Morgan fingerprint density at radius 2 is 1.67 bits per heavy atom. The molecule has 3 nitrogen and oxygen atoms in total. The van der Waals surface area contributed by atoms with Crippen molar-refractivity contribution in [1.82, 2.24) is 10.2 Å². The van der Waals surface area contributed by atoms with Crippen LogP contribution in [0.5, 0.6) is 0 Å². The number of likely N-dealkylation sites (N-methyl/N-ethyl adjacent to an activating group) is 1. The van der Waals surface area contributed by atoms with E-state index in [1.54, 1.807) is 0 Å². The van der Waals surface area contributed by atoms with Crippen LogP contribution in [0.4, 0.5) is 0 Å². The summed E-state index contributed by atoms with van der Waals surface area (Å²) >= 11 is 0. The quantitative estimate of drug-likeness (QED) is 0.756. The zero-order valence-electron chi connectivity index (χ0n) is 14.6. The number of nitrogens with one attached hydrogen (secondary N) is 1. The lowest BCUT2D eigenvalue weighted by molar-refractivity contribution is 0.0275. The van der Waals surface area contributed by atoms with Gasteiger partial charge in [-0.3, -0.25) is 0 Å². The molecule has 3 heteroatoms. The Balaban J connectivity index is 2.34. The summed E-state index contributed by atoms with van der Waals surface area (Å²) in [6.45, 7) is 12.2. The van der Waals surface area contributed by atoms with E-state index in [2.05, 4.69) is 76.3 Å². The second kappa shape index (κ2) is 8.52. The lowest BCUT2D eigenvalue weighted by Gasteiger charge is -2.32. The van der Waals surface area contributed by atoms with Crippen LogP contribution >= 0.6 is 0 Å². The van der Waals surface area contributed by atoms with Gasteiger partial charge in [0.15, 0.2) is 0 Å². The van der Waals surface area contributed by atoms with Crippen LogP contribution in [-0.2, 0) is 17.9 Å². The van der Waals surface area contributed by atoms with Gasteiger partial charge in [-0.1, -0.05) is 38.1 Å². The first-order valence-corrected chi connectivity index (χ1v) is 7.85. The molecule has 0 radical (unpaired) electrons. The maximum atomic E-state index is 5.84. The number of ether oxygens (including phenoxy) is 1. The van der Waals surface area contributed by atoms with Gasteiger partial charge in [0.2, 0.25) is 0 Å². The zero-order valence-corrected chi connectivity index (χ0v) is 14.6. The van der Waals surface area contributed by atoms with Crippen LogP contribution in [0.1, 0.15) is 38.8 Å². The highest BCUT2D eigenvalue weighted by atomic mass is 16.5. The normalized spacial score (nSPS) is 12.4. The average Bonchev–Trinajstić information content (AvgIpc) is 2.40. The molecule has 120 valence electrons. The van der Waals surface area contributed by atoms with Gasteiger partial charge in [-0.15, -0.1) is 0 Å². The van der Waals surface area contributed by atoms with Crippen LogP contribution in [0.25, 0.3) is 0 Å². The van der Waals surface area contributed by atoms with Gasteiger partial charge in [-0.05, 0) is 51.5 Å². The Bertz CT molecular complexity index is 396. The lowest BCUT2D eigenvalue weighted by Crippen LogP contribution is -2.42. The number of hydrogen-bond donors (Lipinski definition) is 1. The monoisotopic (exact) mass is 292 g/mol. The molecular formula is C18H32N2O. The minimum atomic E-state index is 0.0701. The van der Waals surface area contributed by atoms with Crippen LogP contribution in [0.3, 0.4) is 0 Å². The molecule has 0 heterocycles. The molecule has 1 rings (SSSR count). The molecule has 0 fully saturated rings. The Hall–Kier alpha value is -0.900. The molecule has 21 heavy (non-hydrogen) atoms. The van der Waals surface area contributed by atoms with Crippen molar-refractivity contribution in [2.75, 3.05) is 27.2 Å². The number of nitrogens with zero attached hydrogens (tertiary/aromatic N) is 1. The average molecular weight is 292 g/mol. The Morgan fingerprint density at radius 3 is 2.19 bits per heavy atom. The Labute approximate surface area is 130 Å². The molecule has 0 aliphatic heterocycles. The third kappa shape index (κ3) is 7.07. The van der Waals surface area contributed by atoms with Crippen molar-refractivity contribution in [3.8, 4) is 0 Å². The molecule has 0 aromatic heterocycles. The summed E-state index contributed by atoms with van der Waals surface area (Å²) in [5.41, 5.74) is 2.63. The molecule has 0 aliphatic rings. The van der Waals surface area contributed by atoms with Crippen molar-refractivity contribution in [2.24, 2.45) is 5.92 Å². The molecule has 0 saturated carbocycles. The zero-order chi connectivity index (χ0) is 15.9. The van der Waals surface area contributed by atoms with Crippen LogP contribution in [0.15, 0.2) is 24.3 Å². The molecule has 1 N–H and O–H groups in total. The van der Waals surface area contributed by atoms with Crippen LogP contribution < -0.4 is 5.32 Å². The third-order valence-electron chi connectivity index (χ3n) is 3.84. The van der Waals surface area contributed by atoms with E-state index in [4.69, 9.17) is 4.74 Å². The molecule has 0 unspecified atom stereocenters. The topological polar surface area (TPSA) is 24.5 Å². The molecule has 0 aliphatic carbocycles. The summed E-state index contributed by atoms with van der Waals surface area (Å²) in [7, 11) is 4.17. The van der Waals surface area contributed by atoms with Crippen molar-refractivity contribution in [2.45, 2.75) is 46.4 Å². The minimum absolute atomic E-state index is 0.0701. The maximum Gasteiger partial charge on any atom is 0.0717 e. The van der Waals surface area contributed by atoms with Crippen molar-refractivity contribution in [3.05, 3.63) is 35.4 Å². The summed E-state index contributed by atoms with van der Waals surface area (Å²) in [5.74, 6) is 0.692. The van der Waals surface area contributed by atoms with Gasteiger partial charge in [0.05, 0.1) is 13.2 Å². The summed E-state index contributed by atoms with van der Waals surface area (Å²) in [5, 5.41) is 3.46.